The molecule has 2 aromatic carbocycles. The number of rotatable bonds is 3. The molecule has 110 valence electrons. The van der Waals surface area contributed by atoms with Crippen molar-refractivity contribution in [2.75, 3.05) is 5.32 Å². The van der Waals surface area contributed by atoms with Crippen LogP contribution in [0.5, 0.6) is 0 Å². The number of tetrazole rings is 1. The van der Waals surface area contributed by atoms with E-state index < -0.39 is 0 Å². The second kappa shape index (κ2) is 5.77. The van der Waals surface area contributed by atoms with E-state index in [-0.39, 0.29) is 5.91 Å². The van der Waals surface area contributed by atoms with E-state index in [0.29, 0.717) is 5.56 Å². The largest absolute Gasteiger partial charge is 0.322 e. The Hall–Kier alpha value is -3.02. The molecule has 0 saturated heterocycles. The summed E-state index contributed by atoms with van der Waals surface area (Å²) in [4.78, 5) is 12.3. The fourth-order valence-corrected chi connectivity index (χ4v) is 2.29. The van der Waals surface area contributed by atoms with Gasteiger partial charge in [-0.15, -0.1) is 5.10 Å². The second-order valence-electron chi connectivity index (χ2n) is 5.13. The lowest BCUT2D eigenvalue weighted by molar-refractivity contribution is 0.102. The van der Waals surface area contributed by atoms with Gasteiger partial charge in [0.15, 0.2) is 0 Å². The van der Waals surface area contributed by atoms with Crippen LogP contribution in [0.15, 0.2) is 48.8 Å². The number of aryl methyl sites for hydroxylation is 2. The van der Waals surface area contributed by atoms with Crippen LogP contribution in [0.1, 0.15) is 21.5 Å². The Bertz CT molecular complexity index is 774. The van der Waals surface area contributed by atoms with Gasteiger partial charge in [0.2, 0.25) is 0 Å². The highest BCUT2D eigenvalue weighted by Gasteiger charge is 2.07. The van der Waals surface area contributed by atoms with Crippen LogP contribution in [-0.2, 0) is 0 Å². The minimum atomic E-state index is -0.123. The second-order valence-corrected chi connectivity index (χ2v) is 5.13. The Labute approximate surface area is 127 Å². The first-order valence-corrected chi connectivity index (χ1v) is 6.85. The molecule has 0 aliphatic rings. The van der Waals surface area contributed by atoms with Crippen LogP contribution in [0.2, 0.25) is 0 Å². The monoisotopic (exact) mass is 293 g/mol. The normalized spacial score (nSPS) is 10.5. The van der Waals surface area contributed by atoms with Crippen molar-refractivity contribution in [3.05, 3.63) is 65.5 Å². The van der Waals surface area contributed by atoms with Crippen molar-refractivity contribution < 1.29 is 4.79 Å². The molecule has 22 heavy (non-hydrogen) atoms. The van der Waals surface area contributed by atoms with Gasteiger partial charge in [-0.25, -0.2) is 4.68 Å². The van der Waals surface area contributed by atoms with E-state index in [1.807, 2.05) is 56.3 Å². The van der Waals surface area contributed by atoms with Gasteiger partial charge in [0.25, 0.3) is 5.91 Å². The van der Waals surface area contributed by atoms with Crippen molar-refractivity contribution in [3.63, 3.8) is 0 Å². The molecule has 0 fully saturated rings. The molecular weight excluding hydrogens is 278 g/mol. The average Bonchev–Trinajstić information content (AvgIpc) is 3.01. The van der Waals surface area contributed by atoms with Crippen molar-refractivity contribution in [1.82, 2.24) is 20.2 Å². The molecule has 3 rings (SSSR count). The summed E-state index contributed by atoms with van der Waals surface area (Å²) in [7, 11) is 0. The van der Waals surface area contributed by atoms with Gasteiger partial charge in [-0.3, -0.25) is 4.79 Å². The predicted octanol–water partition coefficient (Wildman–Crippen LogP) is 2.53. The summed E-state index contributed by atoms with van der Waals surface area (Å²) in [5.41, 5.74) is 4.34. The van der Waals surface area contributed by atoms with Gasteiger partial charge in [0.1, 0.15) is 6.33 Å². The molecule has 6 heteroatoms. The molecule has 1 amide bonds. The van der Waals surface area contributed by atoms with Crippen molar-refractivity contribution in [3.8, 4) is 5.69 Å². The Morgan fingerprint density at radius 3 is 2.32 bits per heavy atom. The molecule has 6 nitrogen and oxygen atoms in total. The van der Waals surface area contributed by atoms with Gasteiger partial charge < -0.3 is 5.32 Å². The molecule has 0 saturated carbocycles. The molecule has 0 unspecified atom stereocenters. The van der Waals surface area contributed by atoms with Gasteiger partial charge >= 0.3 is 0 Å². The minimum absolute atomic E-state index is 0.123. The first kappa shape index (κ1) is 13.9. The molecule has 0 atom stereocenters. The number of anilines is 1. The number of nitrogens with zero attached hydrogens (tertiary/aromatic N) is 4. The number of hydrogen-bond donors (Lipinski definition) is 1. The van der Waals surface area contributed by atoms with Crippen LogP contribution in [0.3, 0.4) is 0 Å². The summed E-state index contributed by atoms with van der Waals surface area (Å²) >= 11 is 0. The molecular formula is C16H15N5O. The van der Waals surface area contributed by atoms with Crippen LogP contribution < -0.4 is 5.32 Å². The maximum Gasteiger partial charge on any atom is 0.255 e. The average molecular weight is 293 g/mol. The van der Waals surface area contributed by atoms with E-state index in [9.17, 15) is 4.79 Å². The highest BCUT2D eigenvalue weighted by Crippen LogP contribution is 2.15. The zero-order valence-corrected chi connectivity index (χ0v) is 12.3. The van der Waals surface area contributed by atoms with E-state index in [2.05, 4.69) is 20.8 Å². The molecule has 1 heterocycles. The SMILES string of the molecule is Cc1cc(C)cc(C(=O)Nc2ccc(-n3cnnn3)cc2)c1. The van der Waals surface area contributed by atoms with Gasteiger partial charge in [-0.05, 0) is 60.7 Å². The summed E-state index contributed by atoms with van der Waals surface area (Å²) in [6.45, 7) is 3.95. The lowest BCUT2D eigenvalue weighted by Crippen LogP contribution is -2.12. The lowest BCUT2D eigenvalue weighted by atomic mass is 10.1. The zero-order chi connectivity index (χ0) is 15.5. The molecule has 0 radical (unpaired) electrons. The maximum absolute atomic E-state index is 12.3. The molecule has 1 aromatic heterocycles. The van der Waals surface area contributed by atoms with Crippen LogP contribution in [0, 0.1) is 13.8 Å². The smallest absolute Gasteiger partial charge is 0.255 e. The topological polar surface area (TPSA) is 72.7 Å². The van der Waals surface area contributed by atoms with Gasteiger partial charge in [0, 0.05) is 11.3 Å². The third-order valence-electron chi connectivity index (χ3n) is 3.22. The van der Waals surface area contributed by atoms with Gasteiger partial charge in [-0.2, -0.15) is 0 Å². The van der Waals surface area contributed by atoms with Crippen molar-refractivity contribution in [1.29, 1.82) is 0 Å². The van der Waals surface area contributed by atoms with E-state index in [0.717, 1.165) is 22.5 Å². The number of carbonyl (C=O) groups is 1. The Morgan fingerprint density at radius 1 is 1.05 bits per heavy atom. The van der Waals surface area contributed by atoms with E-state index in [1.54, 1.807) is 4.68 Å². The first-order chi connectivity index (χ1) is 10.6. The zero-order valence-electron chi connectivity index (χ0n) is 12.3. The lowest BCUT2D eigenvalue weighted by Gasteiger charge is -2.08. The third kappa shape index (κ3) is 3.01. The summed E-state index contributed by atoms with van der Waals surface area (Å²) < 4.78 is 1.55. The highest BCUT2D eigenvalue weighted by atomic mass is 16.1. The van der Waals surface area contributed by atoms with Gasteiger partial charge in [-0.1, -0.05) is 17.2 Å². The molecule has 0 aliphatic carbocycles. The Morgan fingerprint density at radius 2 is 1.73 bits per heavy atom. The van der Waals surface area contributed by atoms with Crippen LogP contribution in [0.25, 0.3) is 5.69 Å². The standard InChI is InChI=1S/C16H15N5O/c1-11-7-12(2)9-13(8-11)16(22)18-14-3-5-15(6-4-14)21-10-17-19-20-21/h3-10H,1-2H3,(H,18,22). The fourth-order valence-electron chi connectivity index (χ4n) is 2.29. The molecule has 0 spiro atoms. The molecule has 0 aliphatic heterocycles. The van der Waals surface area contributed by atoms with Crippen LogP contribution in [-0.4, -0.2) is 26.1 Å². The van der Waals surface area contributed by atoms with Crippen LogP contribution in [0.4, 0.5) is 5.69 Å². The minimum Gasteiger partial charge on any atom is -0.322 e. The fraction of sp³-hybridized carbons (Fsp3) is 0.125. The number of carbonyl (C=O) groups excluding carboxylic acids is 1. The first-order valence-electron chi connectivity index (χ1n) is 6.85. The quantitative estimate of drug-likeness (QED) is 0.805. The summed E-state index contributed by atoms with van der Waals surface area (Å²) in [6.07, 6.45) is 1.52. The summed E-state index contributed by atoms with van der Waals surface area (Å²) in [6, 6.07) is 13.1. The number of benzene rings is 2. The Kier molecular flexibility index (Phi) is 3.65. The molecule has 3 aromatic rings. The Balaban J connectivity index is 1.76. The van der Waals surface area contributed by atoms with E-state index >= 15 is 0 Å². The number of aromatic nitrogens is 4. The van der Waals surface area contributed by atoms with Crippen molar-refractivity contribution in [2.45, 2.75) is 13.8 Å². The number of hydrogen-bond acceptors (Lipinski definition) is 4. The third-order valence-corrected chi connectivity index (χ3v) is 3.22. The van der Waals surface area contributed by atoms with Crippen LogP contribution >= 0.6 is 0 Å². The summed E-state index contributed by atoms with van der Waals surface area (Å²) in [5.74, 6) is -0.123. The van der Waals surface area contributed by atoms with E-state index in [4.69, 9.17) is 0 Å². The predicted molar refractivity (Wildman–Crippen MR) is 83.0 cm³/mol. The molecule has 0 bridgehead atoms. The molecule has 1 N–H and O–H groups in total. The van der Waals surface area contributed by atoms with Gasteiger partial charge in [0.05, 0.1) is 5.69 Å². The highest BCUT2D eigenvalue weighted by molar-refractivity contribution is 6.04. The van der Waals surface area contributed by atoms with Crippen molar-refractivity contribution >= 4 is 11.6 Å². The maximum atomic E-state index is 12.3. The summed E-state index contributed by atoms with van der Waals surface area (Å²) in [5, 5.41) is 13.9. The van der Waals surface area contributed by atoms with E-state index in [1.165, 1.54) is 6.33 Å². The number of nitrogens with one attached hydrogen (secondary N) is 1. The number of amides is 1. The van der Waals surface area contributed by atoms with Crippen molar-refractivity contribution in [2.24, 2.45) is 0 Å².